The Bertz CT molecular complexity index is 534. The van der Waals surface area contributed by atoms with E-state index >= 15 is 0 Å². The summed E-state index contributed by atoms with van der Waals surface area (Å²) in [5, 5.41) is 15.1. The zero-order valence-electron chi connectivity index (χ0n) is 11.8. The van der Waals surface area contributed by atoms with E-state index in [2.05, 4.69) is 10.6 Å². The zero-order valence-corrected chi connectivity index (χ0v) is 11.8. The van der Waals surface area contributed by atoms with Gasteiger partial charge in [0, 0.05) is 12.2 Å². The topological polar surface area (TPSA) is 78.4 Å². The summed E-state index contributed by atoms with van der Waals surface area (Å²) in [6.45, 7) is 5.37. The first-order chi connectivity index (χ1) is 9.42. The van der Waals surface area contributed by atoms with Crippen LogP contribution in [0.4, 0.5) is 5.69 Å². The van der Waals surface area contributed by atoms with E-state index in [-0.39, 0.29) is 11.5 Å². The third kappa shape index (κ3) is 2.99. The number of benzene rings is 1. The number of carbonyl (C=O) groups is 2. The Morgan fingerprint density at radius 2 is 2.15 bits per heavy atom. The number of hydrogen-bond donors (Lipinski definition) is 3. The minimum atomic E-state index is -0.964. The van der Waals surface area contributed by atoms with Crippen molar-refractivity contribution >= 4 is 17.6 Å². The molecule has 0 radical (unpaired) electrons. The molecule has 108 valence electrons. The number of piperidine rings is 1. The maximum atomic E-state index is 12.4. The monoisotopic (exact) mass is 276 g/mol. The second-order valence-electron chi connectivity index (χ2n) is 5.63. The molecular formula is C15H20N2O3. The maximum Gasteiger partial charge on any atom is 0.335 e. The molecule has 5 heteroatoms. The minimum absolute atomic E-state index is 0.0177. The van der Waals surface area contributed by atoms with Crippen LogP contribution in [0.1, 0.15) is 35.7 Å². The normalized spacial score (nSPS) is 22.3. The summed E-state index contributed by atoms with van der Waals surface area (Å²) in [4.78, 5) is 23.3. The van der Waals surface area contributed by atoms with E-state index in [9.17, 15) is 9.59 Å². The van der Waals surface area contributed by atoms with E-state index in [4.69, 9.17) is 5.11 Å². The van der Waals surface area contributed by atoms with Crippen LogP contribution in [0.25, 0.3) is 0 Å². The number of amides is 1. The van der Waals surface area contributed by atoms with Crippen molar-refractivity contribution in [3.05, 3.63) is 29.3 Å². The first-order valence-electron chi connectivity index (χ1n) is 6.78. The van der Waals surface area contributed by atoms with Gasteiger partial charge in [-0.1, -0.05) is 0 Å². The fourth-order valence-electron chi connectivity index (χ4n) is 2.46. The lowest BCUT2D eigenvalue weighted by molar-refractivity contribution is -0.125. The molecule has 5 nitrogen and oxygen atoms in total. The molecule has 20 heavy (non-hydrogen) atoms. The van der Waals surface area contributed by atoms with Gasteiger partial charge in [0.25, 0.3) is 0 Å². The molecule has 1 heterocycles. The van der Waals surface area contributed by atoms with Crippen LogP contribution in [-0.4, -0.2) is 30.1 Å². The first kappa shape index (κ1) is 14.5. The van der Waals surface area contributed by atoms with Gasteiger partial charge in [-0.15, -0.1) is 0 Å². The van der Waals surface area contributed by atoms with Crippen molar-refractivity contribution in [2.24, 2.45) is 5.41 Å². The Balaban J connectivity index is 2.13. The lowest BCUT2D eigenvalue weighted by Crippen LogP contribution is -2.46. The SMILES string of the molecule is Cc1cc(C(=O)O)ccc1NC(=O)C1(C)CCCNC1. The first-order valence-corrected chi connectivity index (χ1v) is 6.78. The smallest absolute Gasteiger partial charge is 0.335 e. The summed E-state index contributed by atoms with van der Waals surface area (Å²) in [7, 11) is 0. The van der Waals surface area contributed by atoms with Gasteiger partial charge < -0.3 is 15.7 Å². The van der Waals surface area contributed by atoms with Crippen LogP contribution in [0.5, 0.6) is 0 Å². The average Bonchev–Trinajstić information content (AvgIpc) is 2.41. The fourth-order valence-corrected chi connectivity index (χ4v) is 2.46. The molecule has 0 spiro atoms. The molecule has 0 aromatic heterocycles. The van der Waals surface area contributed by atoms with Crippen molar-refractivity contribution in [3.8, 4) is 0 Å². The van der Waals surface area contributed by atoms with E-state index in [1.807, 2.05) is 6.92 Å². The van der Waals surface area contributed by atoms with Gasteiger partial charge in [0.2, 0.25) is 5.91 Å². The number of hydrogen-bond acceptors (Lipinski definition) is 3. The highest BCUT2D eigenvalue weighted by Crippen LogP contribution is 2.28. The number of carboxylic acid groups (broad SMARTS) is 1. The highest BCUT2D eigenvalue weighted by atomic mass is 16.4. The summed E-state index contributed by atoms with van der Waals surface area (Å²) in [6, 6.07) is 4.72. The maximum absolute atomic E-state index is 12.4. The Hall–Kier alpha value is -1.88. The Morgan fingerprint density at radius 3 is 2.70 bits per heavy atom. The van der Waals surface area contributed by atoms with Gasteiger partial charge in [-0.25, -0.2) is 4.79 Å². The largest absolute Gasteiger partial charge is 0.478 e. The van der Waals surface area contributed by atoms with Crippen LogP contribution >= 0.6 is 0 Å². The van der Waals surface area contributed by atoms with Gasteiger partial charge in [0.05, 0.1) is 11.0 Å². The summed E-state index contributed by atoms with van der Waals surface area (Å²) >= 11 is 0. The van der Waals surface area contributed by atoms with Crippen LogP contribution in [-0.2, 0) is 4.79 Å². The van der Waals surface area contributed by atoms with E-state index in [1.165, 1.54) is 6.07 Å². The van der Waals surface area contributed by atoms with E-state index in [0.29, 0.717) is 12.2 Å². The van der Waals surface area contributed by atoms with Gasteiger partial charge in [-0.05, 0) is 57.0 Å². The van der Waals surface area contributed by atoms with Crippen molar-refractivity contribution in [2.45, 2.75) is 26.7 Å². The van der Waals surface area contributed by atoms with Crippen LogP contribution < -0.4 is 10.6 Å². The van der Waals surface area contributed by atoms with Crippen LogP contribution in [0.3, 0.4) is 0 Å². The minimum Gasteiger partial charge on any atom is -0.478 e. The molecule has 0 aliphatic carbocycles. The molecule has 1 aliphatic rings. The molecule has 0 bridgehead atoms. The van der Waals surface area contributed by atoms with E-state index in [1.54, 1.807) is 19.1 Å². The number of anilines is 1. The Labute approximate surface area is 118 Å². The van der Waals surface area contributed by atoms with Crippen molar-refractivity contribution < 1.29 is 14.7 Å². The highest BCUT2D eigenvalue weighted by molar-refractivity contribution is 5.97. The molecule has 1 aliphatic heterocycles. The predicted molar refractivity (Wildman–Crippen MR) is 77.0 cm³/mol. The van der Waals surface area contributed by atoms with Crippen molar-refractivity contribution in [1.29, 1.82) is 0 Å². The van der Waals surface area contributed by atoms with Crippen molar-refractivity contribution in [1.82, 2.24) is 5.32 Å². The Kier molecular flexibility index (Phi) is 4.09. The molecule has 1 atom stereocenters. The fraction of sp³-hybridized carbons (Fsp3) is 0.467. The molecule has 1 amide bonds. The molecule has 3 N–H and O–H groups in total. The van der Waals surface area contributed by atoms with Gasteiger partial charge in [-0.3, -0.25) is 4.79 Å². The van der Waals surface area contributed by atoms with Gasteiger partial charge in [0.15, 0.2) is 0 Å². The Morgan fingerprint density at radius 1 is 1.40 bits per heavy atom. The molecule has 1 unspecified atom stereocenters. The second-order valence-corrected chi connectivity index (χ2v) is 5.63. The quantitative estimate of drug-likeness (QED) is 0.789. The number of carboxylic acids is 1. The number of nitrogens with one attached hydrogen (secondary N) is 2. The molecular weight excluding hydrogens is 256 g/mol. The summed E-state index contributed by atoms with van der Waals surface area (Å²) in [6.07, 6.45) is 1.85. The second kappa shape index (κ2) is 5.63. The summed E-state index contributed by atoms with van der Waals surface area (Å²) < 4.78 is 0. The zero-order chi connectivity index (χ0) is 14.8. The molecule has 1 aromatic carbocycles. The van der Waals surface area contributed by atoms with Gasteiger partial charge in [0.1, 0.15) is 0 Å². The van der Waals surface area contributed by atoms with E-state index < -0.39 is 11.4 Å². The molecule has 0 saturated carbocycles. The highest BCUT2D eigenvalue weighted by Gasteiger charge is 2.34. The number of rotatable bonds is 3. The van der Waals surface area contributed by atoms with Crippen LogP contribution in [0.2, 0.25) is 0 Å². The molecule has 1 aromatic rings. The lowest BCUT2D eigenvalue weighted by Gasteiger charge is -2.32. The number of carbonyl (C=O) groups excluding carboxylic acids is 1. The van der Waals surface area contributed by atoms with E-state index in [0.717, 1.165) is 24.9 Å². The number of aromatic carboxylic acids is 1. The average molecular weight is 276 g/mol. The molecule has 1 saturated heterocycles. The standard InChI is InChI=1S/C15H20N2O3/c1-10-8-11(13(18)19)4-5-12(10)17-14(20)15(2)6-3-7-16-9-15/h4-5,8,16H,3,6-7,9H2,1-2H3,(H,17,20)(H,18,19). The van der Waals surface area contributed by atoms with Gasteiger partial charge in [-0.2, -0.15) is 0 Å². The van der Waals surface area contributed by atoms with Gasteiger partial charge >= 0.3 is 5.97 Å². The van der Waals surface area contributed by atoms with Crippen LogP contribution in [0, 0.1) is 12.3 Å². The molecule has 2 rings (SSSR count). The van der Waals surface area contributed by atoms with Crippen molar-refractivity contribution in [3.63, 3.8) is 0 Å². The third-order valence-corrected chi connectivity index (χ3v) is 3.87. The van der Waals surface area contributed by atoms with Crippen LogP contribution in [0.15, 0.2) is 18.2 Å². The summed E-state index contributed by atoms with van der Waals surface area (Å²) in [5.41, 5.74) is 1.25. The lowest BCUT2D eigenvalue weighted by atomic mass is 9.82. The third-order valence-electron chi connectivity index (χ3n) is 3.87. The van der Waals surface area contributed by atoms with Crippen molar-refractivity contribution in [2.75, 3.05) is 18.4 Å². The molecule has 1 fully saturated rings. The predicted octanol–water partition coefficient (Wildman–Crippen LogP) is 2.02. The number of aryl methyl sites for hydroxylation is 1. The summed E-state index contributed by atoms with van der Waals surface area (Å²) in [5.74, 6) is -0.981.